The highest BCUT2D eigenvalue weighted by atomic mass is 19.1. The molecule has 0 saturated heterocycles. The van der Waals surface area contributed by atoms with Gasteiger partial charge in [0.2, 0.25) is 0 Å². The van der Waals surface area contributed by atoms with E-state index in [1.807, 2.05) is 14.1 Å². The Labute approximate surface area is 62.4 Å². The SMILES string of the molecule is CC(CNCCF)N(C)C. The van der Waals surface area contributed by atoms with Crippen LogP contribution in [0.1, 0.15) is 6.92 Å². The van der Waals surface area contributed by atoms with E-state index in [-0.39, 0.29) is 6.67 Å². The molecule has 3 heteroatoms. The highest BCUT2D eigenvalue weighted by Crippen LogP contribution is 1.87. The van der Waals surface area contributed by atoms with Crippen LogP contribution >= 0.6 is 0 Å². The number of rotatable bonds is 5. The molecule has 10 heavy (non-hydrogen) atoms. The topological polar surface area (TPSA) is 15.3 Å². The van der Waals surface area contributed by atoms with Crippen molar-refractivity contribution in [2.24, 2.45) is 0 Å². The average molecular weight is 148 g/mol. The molecule has 0 spiro atoms. The zero-order valence-electron chi connectivity index (χ0n) is 7.02. The predicted octanol–water partition coefficient (Wildman–Crippen LogP) is 0.496. The Morgan fingerprint density at radius 2 is 2.10 bits per heavy atom. The molecular weight excluding hydrogens is 131 g/mol. The minimum atomic E-state index is -0.278. The zero-order chi connectivity index (χ0) is 7.98. The second-order valence-electron chi connectivity index (χ2n) is 2.71. The number of nitrogens with one attached hydrogen (secondary N) is 1. The molecule has 0 rings (SSSR count). The molecule has 62 valence electrons. The summed E-state index contributed by atoms with van der Waals surface area (Å²) in [5.41, 5.74) is 0. The van der Waals surface area contributed by atoms with E-state index in [9.17, 15) is 4.39 Å². The third kappa shape index (κ3) is 4.70. The molecule has 0 aliphatic heterocycles. The summed E-state index contributed by atoms with van der Waals surface area (Å²) in [5, 5.41) is 3.00. The zero-order valence-corrected chi connectivity index (χ0v) is 7.02. The lowest BCUT2D eigenvalue weighted by molar-refractivity contribution is 0.299. The minimum Gasteiger partial charge on any atom is -0.313 e. The second kappa shape index (κ2) is 5.62. The van der Waals surface area contributed by atoms with Crippen LogP contribution in [0.15, 0.2) is 0 Å². The van der Waals surface area contributed by atoms with E-state index in [2.05, 4.69) is 17.1 Å². The first-order valence-electron chi connectivity index (χ1n) is 3.61. The Bertz CT molecular complexity index is 76.0. The average Bonchev–Trinajstić information content (AvgIpc) is 1.88. The summed E-state index contributed by atoms with van der Waals surface area (Å²) in [6.45, 7) is 3.15. The quantitative estimate of drug-likeness (QED) is 0.571. The number of likely N-dealkylation sites (N-methyl/N-ethyl adjacent to an activating group) is 1. The van der Waals surface area contributed by atoms with Crippen molar-refractivity contribution in [3.05, 3.63) is 0 Å². The fourth-order valence-electron chi connectivity index (χ4n) is 0.560. The summed E-state index contributed by atoms with van der Waals surface area (Å²) in [6, 6.07) is 0.478. The standard InChI is InChI=1S/C7H17FN2/c1-7(10(2)3)6-9-5-4-8/h7,9H,4-6H2,1-3H3. The Morgan fingerprint density at radius 3 is 2.50 bits per heavy atom. The highest BCUT2D eigenvalue weighted by Gasteiger charge is 2.01. The first kappa shape index (κ1) is 9.85. The van der Waals surface area contributed by atoms with E-state index < -0.39 is 0 Å². The van der Waals surface area contributed by atoms with Crippen LogP contribution in [0.4, 0.5) is 4.39 Å². The first-order valence-corrected chi connectivity index (χ1v) is 3.61. The summed E-state index contributed by atoms with van der Waals surface area (Å²) in [5.74, 6) is 0. The van der Waals surface area contributed by atoms with Crippen molar-refractivity contribution in [1.29, 1.82) is 0 Å². The molecule has 0 aromatic rings. The van der Waals surface area contributed by atoms with Crippen molar-refractivity contribution in [2.45, 2.75) is 13.0 Å². The summed E-state index contributed by atoms with van der Waals surface area (Å²) in [4.78, 5) is 2.10. The smallest absolute Gasteiger partial charge is 0.102 e. The molecule has 0 bridgehead atoms. The van der Waals surface area contributed by atoms with Gasteiger partial charge in [-0.3, -0.25) is 0 Å². The Balaban J connectivity index is 3.13. The van der Waals surface area contributed by atoms with Crippen LogP contribution in [0.5, 0.6) is 0 Å². The molecule has 0 aromatic carbocycles. The third-order valence-electron chi connectivity index (χ3n) is 1.59. The normalized spacial score (nSPS) is 14.1. The van der Waals surface area contributed by atoms with Gasteiger partial charge in [-0.15, -0.1) is 0 Å². The fraction of sp³-hybridized carbons (Fsp3) is 1.00. The number of halogens is 1. The van der Waals surface area contributed by atoms with Gasteiger partial charge in [0.05, 0.1) is 0 Å². The number of hydrogen-bond acceptors (Lipinski definition) is 2. The number of nitrogens with zero attached hydrogens (tertiary/aromatic N) is 1. The van der Waals surface area contributed by atoms with Crippen LogP contribution < -0.4 is 5.32 Å². The Kier molecular flexibility index (Phi) is 5.54. The Hall–Kier alpha value is -0.150. The van der Waals surface area contributed by atoms with Crippen LogP contribution in [0, 0.1) is 0 Å². The van der Waals surface area contributed by atoms with Gasteiger partial charge >= 0.3 is 0 Å². The molecule has 0 aliphatic carbocycles. The van der Waals surface area contributed by atoms with Gasteiger partial charge in [0.15, 0.2) is 0 Å². The lowest BCUT2D eigenvalue weighted by Gasteiger charge is -2.19. The largest absolute Gasteiger partial charge is 0.313 e. The molecule has 0 aromatic heterocycles. The Morgan fingerprint density at radius 1 is 1.50 bits per heavy atom. The molecule has 0 aliphatic rings. The van der Waals surface area contributed by atoms with E-state index in [1.165, 1.54) is 0 Å². The second-order valence-corrected chi connectivity index (χ2v) is 2.71. The summed E-state index contributed by atoms with van der Waals surface area (Å²) in [6.07, 6.45) is 0. The highest BCUT2D eigenvalue weighted by molar-refractivity contribution is 4.61. The molecular formula is C7H17FN2. The van der Waals surface area contributed by atoms with Gasteiger partial charge in [-0.1, -0.05) is 0 Å². The first-order chi connectivity index (χ1) is 4.68. The third-order valence-corrected chi connectivity index (χ3v) is 1.59. The maximum atomic E-state index is 11.6. The van der Waals surface area contributed by atoms with Gasteiger partial charge < -0.3 is 10.2 Å². The lowest BCUT2D eigenvalue weighted by Crippen LogP contribution is -2.36. The van der Waals surface area contributed by atoms with Crippen LogP contribution in [-0.4, -0.2) is 44.8 Å². The van der Waals surface area contributed by atoms with Crippen molar-refractivity contribution in [3.8, 4) is 0 Å². The molecule has 0 saturated carbocycles. The molecule has 2 nitrogen and oxygen atoms in total. The van der Waals surface area contributed by atoms with Gasteiger partial charge in [0, 0.05) is 19.1 Å². The molecule has 0 radical (unpaired) electrons. The molecule has 1 N–H and O–H groups in total. The van der Waals surface area contributed by atoms with E-state index >= 15 is 0 Å². The van der Waals surface area contributed by atoms with Gasteiger partial charge in [0.25, 0.3) is 0 Å². The van der Waals surface area contributed by atoms with Gasteiger partial charge in [-0.2, -0.15) is 0 Å². The van der Waals surface area contributed by atoms with E-state index in [0.29, 0.717) is 12.6 Å². The minimum absolute atomic E-state index is 0.278. The molecule has 0 amide bonds. The van der Waals surface area contributed by atoms with Gasteiger partial charge in [-0.05, 0) is 21.0 Å². The summed E-state index contributed by atoms with van der Waals surface area (Å²) < 4.78 is 11.6. The van der Waals surface area contributed by atoms with Crippen molar-refractivity contribution in [1.82, 2.24) is 10.2 Å². The van der Waals surface area contributed by atoms with Gasteiger partial charge in [0.1, 0.15) is 6.67 Å². The lowest BCUT2D eigenvalue weighted by atomic mass is 10.3. The van der Waals surface area contributed by atoms with E-state index in [0.717, 1.165) is 6.54 Å². The number of alkyl halides is 1. The van der Waals surface area contributed by atoms with Crippen LogP contribution in [-0.2, 0) is 0 Å². The monoisotopic (exact) mass is 148 g/mol. The van der Waals surface area contributed by atoms with Crippen molar-refractivity contribution >= 4 is 0 Å². The molecule has 1 unspecified atom stereocenters. The van der Waals surface area contributed by atoms with Crippen molar-refractivity contribution in [3.63, 3.8) is 0 Å². The molecule has 0 heterocycles. The fourth-order valence-corrected chi connectivity index (χ4v) is 0.560. The van der Waals surface area contributed by atoms with Gasteiger partial charge in [-0.25, -0.2) is 4.39 Å². The summed E-state index contributed by atoms with van der Waals surface area (Å²) in [7, 11) is 4.03. The molecule has 0 fully saturated rings. The van der Waals surface area contributed by atoms with Crippen LogP contribution in [0.3, 0.4) is 0 Å². The van der Waals surface area contributed by atoms with Crippen molar-refractivity contribution in [2.75, 3.05) is 33.9 Å². The van der Waals surface area contributed by atoms with E-state index in [4.69, 9.17) is 0 Å². The van der Waals surface area contributed by atoms with Crippen LogP contribution in [0.25, 0.3) is 0 Å². The molecule has 1 atom stereocenters. The number of hydrogen-bond donors (Lipinski definition) is 1. The summed E-state index contributed by atoms with van der Waals surface area (Å²) >= 11 is 0. The van der Waals surface area contributed by atoms with E-state index in [1.54, 1.807) is 0 Å². The van der Waals surface area contributed by atoms with Crippen molar-refractivity contribution < 1.29 is 4.39 Å². The van der Waals surface area contributed by atoms with Crippen LogP contribution in [0.2, 0.25) is 0 Å². The maximum absolute atomic E-state index is 11.6. The predicted molar refractivity (Wildman–Crippen MR) is 42.0 cm³/mol. The maximum Gasteiger partial charge on any atom is 0.102 e.